The first-order valence-corrected chi connectivity index (χ1v) is 11.7. The van der Waals surface area contributed by atoms with Crippen molar-refractivity contribution in [2.24, 2.45) is 11.8 Å². The molecule has 0 radical (unpaired) electrons. The summed E-state index contributed by atoms with van der Waals surface area (Å²) in [5.41, 5.74) is 0.908. The van der Waals surface area contributed by atoms with Crippen molar-refractivity contribution in [1.29, 1.82) is 0 Å². The zero-order chi connectivity index (χ0) is 22.9. The summed E-state index contributed by atoms with van der Waals surface area (Å²) in [7, 11) is 0. The topological polar surface area (TPSA) is 107 Å². The second kappa shape index (κ2) is 8.92. The maximum Gasteiger partial charge on any atom is 0.325 e. The SMILES string of the molecule is CCC1CCC2(CC1)NC(=O)N(CC(=O)NC(c1nc3ccccc3[nH]1)C(C)CC)C2=O. The molecule has 1 aliphatic heterocycles. The van der Waals surface area contributed by atoms with Gasteiger partial charge in [0.2, 0.25) is 5.91 Å². The molecule has 1 aliphatic carbocycles. The molecule has 1 saturated carbocycles. The highest BCUT2D eigenvalue weighted by Gasteiger charge is 2.52. The Kier molecular flexibility index (Phi) is 6.22. The smallest absolute Gasteiger partial charge is 0.325 e. The van der Waals surface area contributed by atoms with Crippen LogP contribution < -0.4 is 10.6 Å². The van der Waals surface area contributed by atoms with Gasteiger partial charge in [-0.1, -0.05) is 45.7 Å². The van der Waals surface area contributed by atoms with E-state index in [1.54, 1.807) is 0 Å². The summed E-state index contributed by atoms with van der Waals surface area (Å²) in [6.45, 7) is 5.98. The van der Waals surface area contributed by atoms with Gasteiger partial charge in [-0.3, -0.25) is 14.5 Å². The summed E-state index contributed by atoms with van der Waals surface area (Å²) in [6.07, 6.45) is 5.05. The van der Waals surface area contributed by atoms with Crippen LogP contribution in [0.4, 0.5) is 4.79 Å². The molecule has 2 fully saturated rings. The minimum atomic E-state index is -0.835. The molecule has 2 atom stereocenters. The summed E-state index contributed by atoms with van der Waals surface area (Å²) in [5, 5.41) is 5.91. The van der Waals surface area contributed by atoms with Crippen molar-refractivity contribution >= 4 is 28.9 Å². The number of imidazole rings is 1. The zero-order valence-electron chi connectivity index (χ0n) is 19.1. The summed E-state index contributed by atoms with van der Waals surface area (Å²) in [5.74, 6) is 0.774. The zero-order valence-corrected chi connectivity index (χ0v) is 19.1. The minimum Gasteiger partial charge on any atom is -0.344 e. The fourth-order valence-electron chi connectivity index (χ4n) is 4.94. The first-order chi connectivity index (χ1) is 15.4. The van der Waals surface area contributed by atoms with Crippen molar-refractivity contribution in [3.8, 4) is 0 Å². The summed E-state index contributed by atoms with van der Waals surface area (Å²) in [6, 6.07) is 6.92. The van der Waals surface area contributed by atoms with E-state index < -0.39 is 11.6 Å². The average Bonchev–Trinajstić information content (AvgIpc) is 3.32. The van der Waals surface area contributed by atoms with Gasteiger partial charge >= 0.3 is 6.03 Å². The highest BCUT2D eigenvalue weighted by Crippen LogP contribution is 2.37. The van der Waals surface area contributed by atoms with E-state index in [0.29, 0.717) is 24.6 Å². The molecule has 1 spiro atoms. The molecule has 1 aromatic heterocycles. The fraction of sp³-hybridized carbons (Fsp3) is 0.583. The third kappa shape index (κ3) is 4.10. The molecule has 8 nitrogen and oxygen atoms in total. The molecule has 1 saturated heterocycles. The van der Waals surface area contributed by atoms with Crippen LogP contribution in [0.3, 0.4) is 0 Å². The van der Waals surface area contributed by atoms with Crippen LogP contribution in [0.2, 0.25) is 0 Å². The Labute approximate surface area is 188 Å². The molecule has 2 unspecified atom stereocenters. The van der Waals surface area contributed by atoms with Crippen LogP contribution in [0.15, 0.2) is 24.3 Å². The molecule has 2 heterocycles. The molecule has 8 heteroatoms. The van der Waals surface area contributed by atoms with Gasteiger partial charge in [-0.05, 0) is 49.7 Å². The van der Waals surface area contributed by atoms with Gasteiger partial charge in [0.15, 0.2) is 0 Å². The van der Waals surface area contributed by atoms with Gasteiger partial charge in [0.1, 0.15) is 17.9 Å². The predicted octanol–water partition coefficient (Wildman–Crippen LogP) is 3.66. The molecule has 4 rings (SSSR count). The third-order valence-electron chi connectivity index (χ3n) is 7.32. The van der Waals surface area contributed by atoms with Crippen LogP contribution in [0, 0.1) is 11.8 Å². The standard InChI is InChI=1S/C24H33N5O3/c1-4-15(3)20(21-25-17-8-6-7-9-18(17)26-21)27-19(30)14-29-22(31)24(28-23(29)32)12-10-16(5-2)11-13-24/h6-9,15-16,20H,4-5,10-14H2,1-3H3,(H,25,26)(H,27,30)(H,28,32). The Morgan fingerprint density at radius 2 is 1.97 bits per heavy atom. The monoisotopic (exact) mass is 439 g/mol. The molecular formula is C24H33N5O3. The molecule has 172 valence electrons. The van der Waals surface area contributed by atoms with Crippen molar-refractivity contribution in [2.75, 3.05) is 6.54 Å². The van der Waals surface area contributed by atoms with E-state index in [1.807, 2.05) is 31.2 Å². The van der Waals surface area contributed by atoms with Crippen molar-refractivity contribution in [3.05, 3.63) is 30.1 Å². The number of aromatic nitrogens is 2. The maximum absolute atomic E-state index is 13.1. The Hall–Kier alpha value is -2.90. The van der Waals surface area contributed by atoms with Gasteiger partial charge in [-0.2, -0.15) is 0 Å². The average molecular weight is 440 g/mol. The number of carbonyl (C=O) groups excluding carboxylic acids is 3. The number of H-pyrrole nitrogens is 1. The third-order valence-corrected chi connectivity index (χ3v) is 7.32. The molecule has 2 aliphatic rings. The first-order valence-electron chi connectivity index (χ1n) is 11.7. The number of para-hydroxylation sites is 2. The second-order valence-corrected chi connectivity index (χ2v) is 9.33. The van der Waals surface area contributed by atoms with Gasteiger partial charge in [0.25, 0.3) is 5.91 Å². The maximum atomic E-state index is 13.1. The van der Waals surface area contributed by atoms with Gasteiger partial charge < -0.3 is 15.6 Å². The molecular weight excluding hydrogens is 406 g/mol. The normalized spacial score (nSPS) is 25.2. The Balaban J connectivity index is 1.46. The van der Waals surface area contributed by atoms with Crippen molar-refractivity contribution in [2.45, 2.75) is 70.9 Å². The number of aromatic amines is 1. The number of carbonyl (C=O) groups is 3. The van der Waals surface area contributed by atoms with Crippen LogP contribution in [0.1, 0.15) is 71.2 Å². The second-order valence-electron chi connectivity index (χ2n) is 9.33. The lowest BCUT2D eigenvalue weighted by Crippen LogP contribution is -2.50. The van der Waals surface area contributed by atoms with E-state index in [-0.39, 0.29) is 30.3 Å². The highest BCUT2D eigenvalue weighted by molar-refractivity contribution is 6.09. The molecule has 32 heavy (non-hydrogen) atoms. The van der Waals surface area contributed by atoms with Crippen LogP contribution >= 0.6 is 0 Å². The lowest BCUT2D eigenvalue weighted by molar-refractivity contribution is -0.136. The number of nitrogens with one attached hydrogen (secondary N) is 3. The van der Waals surface area contributed by atoms with Gasteiger partial charge in [-0.15, -0.1) is 0 Å². The number of hydrogen-bond donors (Lipinski definition) is 3. The summed E-state index contributed by atoms with van der Waals surface area (Å²) < 4.78 is 0. The Bertz CT molecular complexity index is 975. The van der Waals surface area contributed by atoms with E-state index in [2.05, 4.69) is 34.4 Å². The Morgan fingerprint density at radius 3 is 2.62 bits per heavy atom. The minimum absolute atomic E-state index is 0.123. The van der Waals surface area contributed by atoms with E-state index in [9.17, 15) is 14.4 Å². The summed E-state index contributed by atoms with van der Waals surface area (Å²) >= 11 is 0. The number of amides is 4. The molecule has 4 amide bonds. The van der Waals surface area contributed by atoms with Crippen LogP contribution in [0.25, 0.3) is 11.0 Å². The summed E-state index contributed by atoms with van der Waals surface area (Å²) in [4.78, 5) is 47.7. The number of fused-ring (bicyclic) bond motifs is 1. The number of hydrogen-bond acceptors (Lipinski definition) is 4. The quantitative estimate of drug-likeness (QED) is 0.572. The van der Waals surface area contributed by atoms with E-state index in [0.717, 1.165) is 41.6 Å². The molecule has 0 bridgehead atoms. The largest absolute Gasteiger partial charge is 0.344 e. The van der Waals surface area contributed by atoms with Gasteiger partial charge in [0.05, 0.1) is 17.1 Å². The van der Waals surface area contributed by atoms with E-state index >= 15 is 0 Å². The van der Waals surface area contributed by atoms with Crippen LogP contribution in [-0.2, 0) is 9.59 Å². The molecule has 1 aromatic carbocycles. The van der Waals surface area contributed by atoms with E-state index in [4.69, 9.17) is 0 Å². The lowest BCUT2D eigenvalue weighted by Gasteiger charge is -2.34. The van der Waals surface area contributed by atoms with Crippen LogP contribution in [-0.4, -0.2) is 44.8 Å². The van der Waals surface area contributed by atoms with E-state index in [1.165, 1.54) is 0 Å². The predicted molar refractivity (Wildman–Crippen MR) is 122 cm³/mol. The molecule has 3 N–H and O–H groups in total. The van der Waals surface area contributed by atoms with Crippen molar-refractivity contribution in [1.82, 2.24) is 25.5 Å². The highest BCUT2D eigenvalue weighted by atomic mass is 16.2. The lowest BCUT2D eigenvalue weighted by atomic mass is 9.75. The van der Waals surface area contributed by atoms with Gasteiger partial charge in [0, 0.05) is 0 Å². The number of rotatable bonds is 7. The van der Waals surface area contributed by atoms with Crippen LogP contribution in [0.5, 0.6) is 0 Å². The first kappa shape index (κ1) is 22.3. The number of nitrogens with zero attached hydrogens (tertiary/aromatic N) is 2. The fourth-order valence-corrected chi connectivity index (χ4v) is 4.94. The van der Waals surface area contributed by atoms with Crippen molar-refractivity contribution in [3.63, 3.8) is 0 Å². The van der Waals surface area contributed by atoms with Gasteiger partial charge in [-0.25, -0.2) is 9.78 Å². The number of benzene rings is 1. The number of imide groups is 1. The number of urea groups is 1. The molecule has 2 aromatic rings. The Morgan fingerprint density at radius 1 is 1.25 bits per heavy atom. The van der Waals surface area contributed by atoms with Crippen molar-refractivity contribution < 1.29 is 14.4 Å².